The van der Waals surface area contributed by atoms with Crippen molar-refractivity contribution in [1.29, 1.82) is 0 Å². The zero-order valence-corrected chi connectivity index (χ0v) is 12.9. The van der Waals surface area contributed by atoms with Gasteiger partial charge in [0.1, 0.15) is 0 Å². The summed E-state index contributed by atoms with van der Waals surface area (Å²) in [7, 11) is 0. The quantitative estimate of drug-likeness (QED) is 0.762. The fourth-order valence-electron chi connectivity index (χ4n) is 3.34. The molecule has 19 heavy (non-hydrogen) atoms. The highest BCUT2D eigenvalue weighted by Crippen LogP contribution is 2.40. The van der Waals surface area contributed by atoms with Crippen molar-refractivity contribution in [2.24, 2.45) is 11.8 Å². The third kappa shape index (κ3) is 3.20. The van der Waals surface area contributed by atoms with Gasteiger partial charge in [0, 0.05) is 0 Å². The Balaban J connectivity index is 2.20. The Kier molecular flexibility index (Phi) is 4.35. The molecule has 1 aliphatic rings. The van der Waals surface area contributed by atoms with E-state index in [-0.39, 0.29) is 0 Å². The molecule has 1 saturated carbocycles. The zero-order valence-electron chi connectivity index (χ0n) is 12.9. The van der Waals surface area contributed by atoms with Crippen LogP contribution in [0.25, 0.3) is 0 Å². The van der Waals surface area contributed by atoms with E-state index in [4.69, 9.17) is 0 Å². The normalized spacial score (nSPS) is 28.4. The van der Waals surface area contributed by atoms with Gasteiger partial charge in [-0.1, -0.05) is 38.5 Å². The largest absolute Gasteiger partial charge is 0.385 e. The molecule has 2 rings (SSSR count). The first-order chi connectivity index (χ1) is 8.92. The van der Waals surface area contributed by atoms with Crippen molar-refractivity contribution >= 4 is 0 Å². The molecular formula is C18H28O. The van der Waals surface area contributed by atoms with Crippen molar-refractivity contribution in [3.8, 4) is 0 Å². The maximum Gasteiger partial charge on any atom is 0.0896 e. The second kappa shape index (κ2) is 5.66. The summed E-state index contributed by atoms with van der Waals surface area (Å²) in [6.45, 7) is 8.89. The van der Waals surface area contributed by atoms with E-state index in [9.17, 15) is 5.11 Å². The molecule has 1 fully saturated rings. The topological polar surface area (TPSA) is 20.2 Å². The van der Waals surface area contributed by atoms with Gasteiger partial charge in [-0.25, -0.2) is 0 Å². The maximum atomic E-state index is 11.0. The van der Waals surface area contributed by atoms with E-state index in [0.717, 1.165) is 43.1 Å². The fourth-order valence-corrected chi connectivity index (χ4v) is 3.34. The second-order valence-corrected chi connectivity index (χ2v) is 6.77. The minimum absolute atomic E-state index is 0.595. The van der Waals surface area contributed by atoms with Crippen LogP contribution >= 0.6 is 0 Å². The van der Waals surface area contributed by atoms with Crippen LogP contribution in [0.4, 0.5) is 0 Å². The molecule has 0 heterocycles. The maximum absolute atomic E-state index is 11.0. The third-order valence-electron chi connectivity index (χ3n) is 5.08. The summed E-state index contributed by atoms with van der Waals surface area (Å²) >= 11 is 0. The van der Waals surface area contributed by atoms with Crippen molar-refractivity contribution in [3.05, 3.63) is 34.9 Å². The summed E-state index contributed by atoms with van der Waals surface area (Å²) in [5, 5.41) is 11.0. The standard InChI is InChI=1S/C18H28O/c1-13(2)16-6-5-10-18(19,11-9-16)17-8-7-14(3)15(4)12-17/h7-8,12-13,16,19H,5-6,9-11H2,1-4H3. The molecule has 0 aromatic heterocycles. The number of rotatable bonds is 2. The number of hydrogen-bond acceptors (Lipinski definition) is 1. The van der Waals surface area contributed by atoms with Gasteiger partial charge in [-0.2, -0.15) is 0 Å². The minimum Gasteiger partial charge on any atom is -0.385 e. The van der Waals surface area contributed by atoms with E-state index >= 15 is 0 Å². The van der Waals surface area contributed by atoms with Crippen LogP contribution in [0.5, 0.6) is 0 Å². The summed E-state index contributed by atoms with van der Waals surface area (Å²) < 4.78 is 0. The Morgan fingerprint density at radius 2 is 1.84 bits per heavy atom. The van der Waals surface area contributed by atoms with Crippen LogP contribution in [-0.4, -0.2) is 5.11 Å². The molecule has 1 aromatic rings. The van der Waals surface area contributed by atoms with Crippen molar-refractivity contribution in [3.63, 3.8) is 0 Å². The molecule has 1 N–H and O–H groups in total. The molecule has 1 aromatic carbocycles. The number of benzene rings is 1. The van der Waals surface area contributed by atoms with Crippen LogP contribution in [0.2, 0.25) is 0 Å². The second-order valence-electron chi connectivity index (χ2n) is 6.77. The van der Waals surface area contributed by atoms with Crippen molar-refractivity contribution in [2.45, 2.75) is 65.4 Å². The number of hydrogen-bond donors (Lipinski definition) is 1. The average Bonchev–Trinajstić information content (AvgIpc) is 2.56. The van der Waals surface area contributed by atoms with Gasteiger partial charge in [0.15, 0.2) is 0 Å². The van der Waals surface area contributed by atoms with Crippen molar-refractivity contribution < 1.29 is 5.11 Å². The van der Waals surface area contributed by atoms with E-state index in [1.54, 1.807) is 0 Å². The lowest BCUT2D eigenvalue weighted by atomic mass is 9.84. The van der Waals surface area contributed by atoms with Gasteiger partial charge in [-0.15, -0.1) is 0 Å². The Morgan fingerprint density at radius 1 is 1.11 bits per heavy atom. The van der Waals surface area contributed by atoms with E-state index in [2.05, 4.69) is 45.9 Å². The molecule has 0 saturated heterocycles. The highest BCUT2D eigenvalue weighted by Gasteiger charge is 2.33. The van der Waals surface area contributed by atoms with Crippen LogP contribution in [0.3, 0.4) is 0 Å². The molecule has 1 nitrogen and oxygen atoms in total. The molecule has 1 heteroatoms. The van der Waals surface area contributed by atoms with Gasteiger partial charge in [0.05, 0.1) is 5.60 Å². The molecular weight excluding hydrogens is 232 g/mol. The Labute approximate surface area is 118 Å². The monoisotopic (exact) mass is 260 g/mol. The Morgan fingerprint density at radius 3 is 2.47 bits per heavy atom. The smallest absolute Gasteiger partial charge is 0.0896 e. The van der Waals surface area contributed by atoms with Crippen molar-refractivity contribution in [2.75, 3.05) is 0 Å². The predicted molar refractivity (Wildman–Crippen MR) is 81.2 cm³/mol. The number of aryl methyl sites for hydroxylation is 2. The lowest BCUT2D eigenvalue weighted by Crippen LogP contribution is -2.25. The van der Waals surface area contributed by atoms with E-state index in [1.807, 2.05) is 0 Å². The molecule has 0 bridgehead atoms. The molecule has 1 aliphatic carbocycles. The summed E-state index contributed by atoms with van der Waals surface area (Å²) in [5.74, 6) is 1.52. The first-order valence-electron chi connectivity index (χ1n) is 7.72. The number of aliphatic hydroxyl groups is 1. The van der Waals surface area contributed by atoms with Gasteiger partial charge in [0.2, 0.25) is 0 Å². The van der Waals surface area contributed by atoms with Gasteiger partial charge < -0.3 is 5.11 Å². The van der Waals surface area contributed by atoms with Crippen LogP contribution in [0.15, 0.2) is 18.2 Å². The molecule has 2 unspecified atom stereocenters. The lowest BCUT2D eigenvalue weighted by molar-refractivity contribution is 0.0190. The fraction of sp³-hybridized carbons (Fsp3) is 0.667. The van der Waals surface area contributed by atoms with Crippen LogP contribution < -0.4 is 0 Å². The van der Waals surface area contributed by atoms with E-state index < -0.39 is 5.60 Å². The van der Waals surface area contributed by atoms with Gasteiger partial charge in [0.25, 0.3) is 0 Å². The molecule has 0 aliphatic heterocycles. The van der Waals surface area contributed by atoms with E-state index in [1.165, 1.54) is 17.5 Å². The summed E-state index contributed by atoms with van der Waals surface area (Å²) in [5.41, 5.74) is 3.12. The predicted octanol–water partition coefficient (Wildman–Crippen LogP) is 4.73. The lowest BCUT2D eigenvalue weighted by Gasteiger charge is -2.28. The molecule has 106 valence electrons. The summed E-state index contributed by atoms with van der Waals surface area (Å²) in [4.78, 5) is 0. The Bertz CT molecular complexity index is 435. The average molecular weight is 260 g/mol. The molecule has 2 atom stereocenters. The molecule has 0 amide bonds. The van der Waals surface area contributed by atoms with Gasteiger partial charge in [-0.05, 0) is 68.1 Å². The van der Waals surface area contributed by atoms with Crippen LogP contribution in [0.1, 0.15) is 62.6 Å². The summed E-state index contributed by atoms with van der Waals surface area (Å²) in [6, 6.07) is 6.45. The van der Waals surface area contributed by atoms with E-state index in [0.29, 0.717) is 0 Å². The summed E-state index contributed by atoms with van der Waals surface area (Å²) in [6.07, 6.45) is 5.40. The minimum atomic E-state index is -0.595. The van der Waals surface area contributed by atoms with Gasteiger partial charge >= 0.3 is 0 Å². The first-order valence-corrected chi connectivity index (χ1v) is 7.72. The highest BCUT2D eigenvalue weighted by molar-refractivity contribution is 5.33. The third-order valence-corrected chi connectivity index (χ3v) is 5.08. The molecule has 0 spiro atoms. The zero-order chi connectivity index (χ0) is 14.0. The molecule has 0 radical (unpaired) electrons. The SMILES string of the molecule is Cc1ccc(C2(O)CCCC(C(C)C)CC2)cc1C. The van der Waals surface area contributed by atoms with Crippen LogP contribution in [-0.2, 0) is 5.60 Å². The van der Waals surface area contributed by atoms with Crippen molar-refractivity contribution in [1.82, 2.24) is 0 Å². The highest BCUT2D eigenvalue weighted by atomic mass is 16.3. The first kappa shape index (κ1) is 14.6. The van der Waals surface area contributed by atoms with Gasteiger partial charge in [-0.3, -0.25) is 0 Å². The van der Waals surface area contributed by atoms with Crippen LogP contribution in [0, 0.1) is 25.7 Å². The Hall–Kier alpha value is -0.820.